The lowest BCUT2D eigenvalue weighted by atomic mass is 10.0. The van der Waals surface area contributed by atoms with Gasteiger partial charge in [-0.25, -0.2) is 9.78 Å². The summed E-state index contributed by atoms with van der Waals surface area (Å²) >= 11 is 1.15. The number of thiazole rings is 1. The van der Waals surface area contributed by atoms with E-state index in [1.54, 1.807) is 23.6 Å². The second-order valence-corrected chi connectivity index (χ2v) is 8.35. The monoisotopic (exact) mass is 458 g/mol. The van der Waals surface area contributed by atoms with Gasteiger partial charge in [0.15, 0.2) is 5.13 Å². The number of aromatic nitrogens is 2. The van der Waals surface area contributed by atoms with Crippen molar-refractivity contribution >= 4 is 45.2 Å². The fourth-order valence-electron chi connectivity index (χ4n) is 3.20. The maximum atomic E-state index is 12.8. The van der Waals surface area contributed by atoms with Crippen LogP contribution >= 0.6 is 11.3 Å². The number of hydrogen-bond donors (Lipinski definition) is 5. The molecule has 3 rings (SSSR count). The Morgan fingerprint density at radius 3 is 2.72 bits per heavy atom. The number of fused-ring (bicyclic) bond motifs is 1. The third-order valence-electron chi connectivity index (χ3n) is 4.81. The summed E-state index contributed by atoms with van der Waals surface area (Å²) in [5.41, 5.74) is 7.54. The number of H-pyrrole nitrogens is 1. The minimum atomic E-state index is -1.06. The Kier molecular flexibility index (Phi) is 7.57. The van der Waals surface area contributed by atoms with Crippen molar-refractivity contribution < 1.29 is 19.5 Å². The van der Waals surface area contributed by atoms with Gasteiger partial charge in [0, 0.05) is 34.9 Å². The van der Waals surface area contributed by atoms with Crippen molar-refractivity contribution in [3.05, 3.63) is 46.1 Å². The SMILES string of the molecule is CN(C)CCNC(=O)c1csc(NC(=O)c2ccc3[nH]c(C(=O)O)c(CCCN)c3c2)n1. The van der Waals surface area contributed by atoms with Crippen LogP contribution in [0.3, 0.4) is 0 Å². The lowest BCUT2D eigenvalue weighted by Crippen LogP contribution is -2.31. The largest absolute Gasteiger partial charge is 0.477 e. The van der Waals surface area contributed by atoms with Crippen LogP contribution in [0.15, 0.2) is 23.6 Å². The van der Waals surface area contributed by atoms with Gasteiger partial charge in [-0.3, -0.25) is 14.9 Å². The molecule has 11 heteroatoms. The Hall–Kier alpha value is -3.28. The molecule has 2 heterocycles. The zero-order valence-corrected chi connectivity index (χ0v) is 18.7. The Labute approximate surface area is 188 Å². The molecule has 0 spiro atoms. The number of carboxylic acids is 1. The molecule has 6 N–H and O–H groups in total. The van der Waals surface area contributed by atoms with Crippen LogP contribution < -0.4 is 16.4 Å². The smallest absolute Gasteiger partial charge is 0.352 e. The molecular formula is C21H26N6O4S. The van der Waals surface area contributed by atoms with Crippen LogP contribution in [0, 0.1) is 0 Å². The molecule has 0 unspecified atom stereocenters. The summed E-state index contributed by atoms with van der Waals surface area (Å²) in [5, 5.41) is 17.5. The van der Waals surface area contributed by atoms with E-state index in [1.165, 1.54) is 0 Å². The van der Waals surface area contributed by atoms with E-state index in [9.17, 15) is 19.5 Å². The zero-order valence-electron chi connectivity index (χ0n) is 17.9. The fourth-order valence-corrected chi connectivity index (χ4v) is 3.88. The van der Waals surface area contributed by atoms with E-state index in [2.05, 4.69) is 20.6 Å². The summed E-state index contributed by atoms with van der Waals surface area (Å²) in [6, 6.07) is 4.94. The molecule has 0 aliphatic heterocycles. The number of anilines is 1. The average Bonchev–Trinajstić information content (AvgIpc) is 3.36. The third-order valence-corrected chi connectivity index (χ3v) is 5.57. The normalized spacial score (nSPS) is 11.1. The molecule has 0 aliphatic rings. The van der Waals surface area contributed by atoms with Crippen LogP contribution in [-0.4, -0.2) is 71.5 Å². The van der Waals surface area contributed by atoms with E-state index in [0.29, 0.717) is 59.6 Å². The van der Waals surface area contributed by atoms with Gasteiger partial charge in [-0.2, -0.15) is 0 Å². The third kappa shape index (κ3) is 5.49. The standard InChI is InChI=1S/C21H26N6O4S/c1-27(2)9-8-23-19(29)16-11-32-21(25-16)26-18(28)12-5-6-15-14(10-12)13(4-3-7-22)17(24-15)20(30)31/h5-6,10-11,24H,3-4,7-9,22H2,1-2H3,(H,23,29)(H,30,31)(H,25,26,28). The number of likely N-dealkylation sites (N-methyl/N-ethyl adjacent to an activating group) is 1. The van der Waals surface area contributed by atoms with Gasteiger partial charge in [0.25, 0.3) is 11.8 Å². The maximum Gasteiger partial charge on any atom is 0.352 e. The molecule has 2 amide bonds. The van der Waals surface area contributed by atoms with Crippen LogP contribution in [0.1, 0.15) is 43.3 Å². The van der Waals surface area contributed by atoms with E-state index in [1.807, 2.05) is 19.0 Å². The fraction of sp³-hybridized carbons (Fsp3) is 0.333. The molecule has 1 aromatic carbocycles. The number of amides is 2. The molecule has 0 saturated carbocycles. The Morgan fingerprint density at radius 1 is 1.25 bits per heavy atom. The number of aromatic carboxylic acids is 1. The number of nitrogens with zero attached hydrogens (tertiary/aromatic N) is 2. The second kappa shape index (κ2) is 10.4. The van der Waals surface area contributed by atoms with E-state index in [-0.39, 0.29) is 17.3 Å². The van der Waals surface area contributed by atoms with Gasteiger partial charge >= 0.3 is 5.97 Å². The summed E-state index contributed by atoms with van der Waals surface area (Å²) in [6.07, 6.45) is 1.12. The van der Waals surface area contributed by atoms with Crippen LogP contribution in [0.25, 0.3) is 10.9 Å². The summed E-state index contributed by atoms with van der Waals surface area (Å²) in [7, 11) is 3.83. The van der Waals surface area contributed by atoms with Crippen molar-refractivity contribution in [1.29, 1.82) is 0 Å². The van der Waals surface area contributed by atoms with Crippen molar-refractivity contribution in [2.24, 2.45) is 5.73 Å². The number of benzene rings is 1. The van der Waals surface area contributed by atoms with Crippen molar-refractivity contribution in [2.75, 3.05) is 39.0 Å². The number of aromatic amines is 1. The number of carboxylic acid groups (broad SMARTS) is 1. The molecule has 0 aliphatic carbocycles. The number of rotatable bonds is 10. The minimum absolute atomic E-state index is 0.107. The highest BCUT2D eigenvalue weighted by Gasteiger charge is 2.19. The number of hydrogen-bond acceptors (Lipinski definition) is 7. The number of nitrogens with one attached hydrogen (secondary N) is 3. The highest BCUT2D eigenvalue weighted by atomic mass is 32.1. The summed E-state index contributed by atoms with van der Waals surface area (Å²) in [5.74, 6) is -1.76. The van der Waals surface area contributed by atoms with Crippen molar-refractivity contribution in [2.45, 2.75) is 12.8 Å². The minimum Gasteiger partial charge on any atom is -0.477 e. The van der Waals surface area contributed by atoms with Crippen LogP contribution in [0.2, 0.25) is 0 Å². The van der Waals surface area contributed by atoms with Gasteiger partial charge in [0.2, 0.25) is 0 Å². The molecule has 170 valence electrons. The van der Waals surface area contributed by atoms with Gasteiger partial charge in [-0.15, -0.1) is 11.3 Å². The first-order chi connectivity index (χ1) is 15.3. The summed E-state index contributed by atoms with van der Waals surface area (Å²) in [6.45, 7) is 1.63. The molecule has 10 nitrogen and oxygen atoms in total. The Bertz CT molecular complexity index is 1140. The van der Waals surface area contributed by atoms with Gasteiger partial charge in [-0.1, -0.05) is 0 Å². The lowest BCUT2D eigenvalue weighted by molar-refractivity contribution is 0.0689. The maximum absolute atomic E-state index is 12.8. The van der Waals surface area contributed by atoms with Crippen LogP contribution in [0.4, 0.5) is 5.13 Å². The van der Waals surface area contributed by atoms with Crippen LogP contribution in [-0.2, 0) is 6.42 Å². The molecule has 2 aromatic heterocycles. The van der Waals surface area contributed by atoms with Crippen molar-refractivity contribution in [1.82, 2.24) is 20.2 Å². The topological polar surface area (TPSA) is 153 Å². The van der Waals surface area contributed by atoms with Gasteiger partial charge in [0.05, 0.1) is 0 Å². The van der Waals surface area contributed by atoms with Crippen molar-refractivity contribution in [3.63, 3.8) is 0 Å². The van der Waals surface area contributed by atoms with Crippen LogP contribution in [0.5, 0.6) is 0 Å². The van der Waals surface area contributed by atoms with E-state index in [0.717, 1.165) is 11.3 Å². The summed E-state index contributed by atoms with van der Waals surface area (Å²) < 4.78 is 0. The van der Waals surface area contributed by atoms with E-state index in [4.69, 9.17) is 5.73 Å². The number of aryl methyl sites for hydroxylation is 1. The highest BCUT2D eigenvalue weighted by Crippen LogP contribution is 2.26. The summed E-state index contributed by atoms with van der Waals surface area (Å²) in [4.78, 5) is 45.5. The Balaban J connectivity index is 1.75. The number of carbonyl (C=O) groups is 3. The number of nitrogens with two attached hydrogens (primary N) is 1. The average molecular weight is 459 g/mol. The van der Waals surface area contributed by atoms with Gasteiger partial charge in [-0.05, 0) is 57.2 Å². The predicted molar refractivity (Wildman–Crippen MR) is 124 cm³/mol. The first-order valence-corrected chi connectivity index (χ1v) is 11.0. The quantitative estimate of drug-likeness (QED) is 0.310. The molecule has 0 bridgehead atoms. The molecule has 32 heavy (non-hydrogen) atoms. The van der Waals surface area contributed by atoms with Crippen molar-refractivity contribution in [3.8, 4) is 0 Å². The molecular weight excluding hydrogens is 432 g/mol. The molecule has 3 aromatic rings. The molecule has 0 fully saturated rings. The van der Waals surface area contributed by atoms with Gasteiger partial charge < -0.3 is 26.0 Å². The second-order valence-electron chi connectivity index (χ2n) is 7.49. The Morgan fingerprint density at radius 2 is 2.03 bits per heavy atom. The zero-order chi connectivity index (χ0) is 23.3. The lowest BCUT2D eigenvalue weighted by Gasteiger charge is -2.09. The number of carbonyl (C=O) groups excluding carboxylic acids is 2. The first kappa shape index (κ1) is 23.4. The first-order valence-electron chi connectivity index (χ1n) is 10.1. The van der Waals surface area contributed by atoms with Gasteiger partial charge in [0.1, 0.15) is 11.4 Å². The predicted octanol–water partition coefficient (Wildman–Crippen LogP) is 1.76. The molecule has 0 radical (unpaired) electrons. The van der Waals surface area contributed by atoms with E-state index < -0.39 is 11.9 Å². The molecule has 0 atom stereocenters. The molecule has 0 saturated heterocycles. The van der Waals surface area contributed by atoms with E-state index >= 15 is 0 Å². The highest BCUT2D eigenvalue weighted by molar-refractivity contribution is 7.14.